The van der Waals surface area contributed by atoms with Gasteiger partial charge in [0, 0.05) is 11.1 Å². The van der Waals surface area contributed by atoms with Gasteiger partial charge in [-0.05, 0) is 19.0 Å². The fourth-order valence-electron chi connectivity index (χ4n) is 1.74. The van der Waals surface area contributed by atoms with Crippen molar-refractivity contribution < 1.29 is 17.7 Å². The SMILES string of the molecule is NCCc1cnoc1-c1ccccc1C(F)(F)F. The Hall–Kier alpha value is -1.82. The van der Waals surface area contributed by atoms with Crippen molar-refractivity contribution >= 4 is 0 Å². The van der Waals surface area contributed by atoms with Crippen LogP contribution < -0.4 is 5.73 Å². The first-order valence-electron chi connectivity index (χ1n) is 5.34. The number of aromatic nitrogens is 1. The quantitative estimate of drug-likeness (QED) is 0.918. The average molecular weight is 256 g/mol. The zero-order chi connectivity index (χ0) is 13.2. The van der Waals surface area contributed by atoms with E-state index in [2.05, 4.69) is 5.16 Å². The average Bonchev–Trinajstić information content (AvgIpc) is 2.77. The summed E-state index contributed by atoms with van der Waals surface area (Å²) in [5.74, 6) is 0.133. The molecular weight excluding hydrogens is 245 g/mol. The van der Waals surface area contributed by atoms with Gasteiger partial charge in [0.1, 0.15) is 0 Å². The molecule has 0 unspecified atom stereocenters. The Morgan fingerprint density at radius 2 is 1.94 bits per heavy atom. The van der Waals surface area contributed by atoms with E-state index in [4.69, 9.17) is 10.3 Å². The number of nitrogens with zero attached hydrogens (tertiary/aromatic N) is 1. The lowest BCUT2D eigenvalue weighted by Gasteiger charge is -2.11. The van der Waals surface area contributed by atoms with Crippen LogP contribution in [-0.4, -0.2) is 11.7 Å². The Balaban J connectivity index is 2.54. The fourth-order valence-corrected chi connectivity index (χ4v) is 1.74. The molecule has 0 aliphatic heterocycles. The van der Waals surface area contributed by atoms with Gasteiger partial charge in [0.2, 0.25) is 0 Å². The molecule has 0 aliphatic carbocycles. The highest BCUT2D eigenvalue weighted by Gasteiger charge is 2.34. The molecule has 0 aliphatic rings. The molecule has 2 rings (SSSR count). The van der Waals surface area contributed by atoms with E-state index in [0.29, 0.717) is 18.5 Å². The zero-order valence-corrected chi connectivity index (χ0v) is 9.37. The minimum absolute atomic E-state index is 0.00838. The number of benzene rings is 1. The third kappa shape index (κ3) is 2.38. The van der Waals surface area contributed by atoms with E-state index >= 15 is 0 Å². The van der Waals surface area contributed by atoms with Gasteiger partial charge in [0.05, 0.1) is 11.8 Å². The van der Waals surface area contributed by atoms with Crippen molar-refractivity contribution in [3.63, 3.8) is 0 Å². The Kier molecular flexibility index (Phi) is 3.38. The molecule has 6 heteroatoms. The van der Waals surface area contributed by atoms with E-state index in [1.165, 1.54) is 24.4 Å². The molecule has 0 radical (unpaired) electrons. The number of hydrogen-bond donors (Lipinski definition) is 1. The van der Waals surface area contributed by atoms with Gasteiger partial charge >= 0.3 is 6.18 Å². The Bertz CT molecular complexity index is 534. The van der Waals surface area contributed by atoms with Crippen LogP contribution in [0.5, 0.6) is 0 Å². The molecule has 18 heavy (non-hydrogen) atoms. The number of rotatable bonds is 3. The summed E-state index contributed by atoms with van der Waals surface area (Å²) in [5.41, 5.74) is 5.23. The van der Waals surface area contributed by atoms with Gasteiger partial charge in [-0.25, -0.2) is 0 Å². The van der Waals surface area contributed by atoms with Crippen LogP contribution in [-0.2, 0) is 12.6 Å². The predicted octanol–water partition coefficient (Wildman–Crippen LogP) is 2.86. The van der Waals surface area contributed by atoms with Crippen molar-refractivity contribution in [2.45, 2.75) is 12.6 Å². The third-order valence-corrected chi connectivity index (χ3v) is 2.53. The molecule has 2 N–H and O–H groups in total. The van der Waals surface area contributed by atoms with Crippen LogP contribution in [0.1, 0.15) is 11.1 Å². The maximum Gasteiger partial charge on any atom is 0.417 e. The molecule has 0 spiro atoms. The lowest BCUT2D eigenvalue weighted by Crippen LogP contribution is -2.08. The van der Waals surface area contributed by atoms with Gasteiger partial charge in [-0.1, -0.05) is 23.4 Å². The molecule has 0 atom stereocenters. The van der Waals surface area contributed by atoms with Gasteiger partial charge in [-0.3, -0.25) is 0 Å². The summed E-state index contributed by atoms with van der Waals surface area (Å²) in [5, 5.41) is 3.54. The van der Waals surface area contributed by atoms with E-state index in [1.807, 2.05) is 0 Å². The molecular formula is C12H11F3N2O. The molecule has 1 aromatic carbocycles. The molecule has 0 fully saturated rings. The summed E-state index contributed by atoms with van der Waals surface area (Å²) in [7, 11) is 0. The van der Waals surface area contributed by atoms with Crippen molar-refractivity contribution in [3.8, 4) is 11.3 Å². The summed E-state index contributed by atoms with van der Waals surface area (Å²) >= 11 is 0. The van der Waals surface area contributed by atoms with E-state index in [-0.39, 0.29) is 11.3 Å². The smallest absolute Gasteiger partial charge is 0.356 e. The first kappa shape index (κ1) is 12.6. The van der Waals surface area contributed by atoms with Crippen molar-refractivity contribution in [1.82, 2.24) is 5.16 Å². The normalized spacial score (nSPS) is 11.8. The summed E-state index contributed by atoms with van der Waals surface area (Å²) in [6.07, 6.45) is -2.61. The molecule has 1 aromatic heterocycles. The second-order valence-electron chi connectivity index (χ2n) is 3.76. The second-order valence-corrected chi connectivity index (χ2v) is 3.76. The lowest BCUT2D eigenvalue weighted by molar-refractivity contribution is -0.137. The summed E-state index contributed by atoms with van der Waals surface area (Å²) in [6, 6.07) is 5.25. The Morgan fingerprint density at radius 3 is 2.61 bits per heavy atom. The summed E-state index contributed by atoms with van der Waals surface area (Å²) in [6.45, 7) is 0.322. The zero-order valence-electron chi connectivity index (χ0n) is 9.37. The van der Waals surface area contributed by atoms with Crippen molar-refractivity contribution in [3.05, 3.63) is 41.6 Å². The van der Waals surface area contributed by atoms with Crippen LogP contribution in [0.4, 0.5) is 13.2 Å². The molecule has 2 aromatic rings. The summed E-state index contributed by atoms with van der Waals surface area (Å²) in [4.78, 5) is 0. The standard InChI is InChI=1S/C12H11F3N2O/c13-12(14,15)10-4-2-1-3-9(10)11-8(5-6-16)7-17-18-11/h1-4,7H,5-6,16H2. The first-order valence-corrected chi connectivity index (χ1v) is 5.34. The van der Waals surface area contributed by atoms with Crippen molar-refractivity contribution in [2.75, 3.05) is 6.54 Å². The third-order valence-electron chi connectivity index (χ3n) is 2.53. The van der Waals surface area contributed by atoms with Gasteiger partial charge in [-0.2, -0.15) is 13.2 Å². The molecule has 0 saturated heterocycles. The van der Waals surface area contributed by atoms with Crippen molar-refractivity contribution in [1.29, 1.82) is 0 Å². The Morgan fingerprint density at radius 1 is 1.22 bits per heavy atom. The first-order chi connectivity index (χ1) is 8.54. The monoisotopic (exact) mass is 256 g/mol. The van der Waals surface area contributed by atoms with Gasteiger partial charge in [0.25, 0.3) is 0 Å². The van der Waals surface area contributed by atoms with E-state index < -0.39 is 11.7 Å². The topological polar surface area (TPSA) is 52.0 Å². The highest BCUT2D eigenvalue weighted by Crippen LogP contribution is 2.37. The van der Waals surface area contributed by atoms with Crippen LogP contribution in [0.25, 0.3) is 11.3 Å². The highest BCUT2D eigenvalue weighted by atomic mass is 19.4. The van der Waals surface area contributed by atoms with Crippen LogP contribution >= 0.6 is 0 Å². The molecule has 0 bridgehead atoms. The number of alkyl halides is 3. The number of halogens is 3. The van der Waals surface area contributed by atoms with Gasteiger partial charge in [0.15, 0.2) is 5.76 Å². The molecule has 0 amide bonds. The minimum atomic E-state index is -4.43. The van der Waals surface area contributed by atoms with Crippen molar-refractivity contribution in [2.24, 2.45) is 5.73 Å². The van der Waals surface area contributed by atoms with Crippen LogP contribution in [0.2, 0.25) is 0 Å². The highest BCUT2D eigenvalue weighted by molar-refractivity contribution is 5.65. The lowest BCUT2D eigenvalue weighted by atomic mass is 10.0. The fraction of sp³-hybridized carbons (Fsp3) is 0.250. The van der Waals surface area contributed by atoms with E-state index in [9.17, 15) is 13.2 Å². The summed E-state index contributed by atoms with van der Waals surface area (Å²) < 4.78 is 43.5. The van der Waals surface area contributed by atoms with Crippen LogP contribution in [0, 0.1) is 0 Å². The maximum absolute atomic E-state index is 12.9. The number of nitrogens with two attached hydrogens (primary N) is 1. The van der Waals surface area contributed by atoms with E-state index in [0.717, 1.165) is 6.07 Å². The second kappa shape index (κ2) is 4.81. The van der Waals surface area contributed by atoms with E-state index in [1.54, 1.807) is 0 Å². The maximum atomic E-state index is 12.9. The molecule has 96 valence electrons. The van der Waals surface area contributed by atoms with Crippen LogP contribution in [0.3, 0.4) is 0 Å². The van der Waals surface area contributed by atoms with Crippen LogP contribution in [0.15, 0.2) is 35.0 Å². The molecule has 0 saturated carbocycles. The van der Waals surface area contributed by atoms with Gasteiger partial charge < -0.3 is 10.3 Å². The largest absolute Gasteiger partial charge is 0.417 e. The number of hydrogen-bond acceptors (Lipinski definition) is 3. The van der Waals surface area contributed by atoms with Gasteiger partial charge in [-0.15, -0.1) is 0 Å². The minimum Gasteiger partial charge on any atom is -0.356 e. The molecule has 1 heterocycles. The Labute approximate surface area is 101 Å². The molecule has 3 nitrogen and oxygen atoms in total. The predicted molar refractivity (Wildman–Crippen MR) is 59.7 cm³/mol.